The van der Waals surface area contributed by atoms with Crippen molar-refractivity contribution < 1.29 is 23.8 Å². The van der Waals surface area contributed by atoms with Crippen LogP contribution in [0, 0.1) is 5.82 Å². The monoisotopic (exact) mass is 332 g/mol. The Bertz CT molecular complexity index is 526. The van der Waals surface area contributed by atoms with Crippen LogP contribution in [0.25, 0.3) is 0 Å². The molecule has 1 aliphatic carbocycles. The number of carboxylic acid groups (broad SMARTS) is 1. The van der Waals surface area contributed by atoms with Gasteiger partial charge in [0, 0.05) is 5.56 Å². The molecule has 1 aromatic rings. The summed E-state index contributed by atoms with van der Waals surface area (Å²) in [4.78, 5) is 11.5. The molecule has 1 aromatic carbocycles. The van der Waals surface area contributed by atoms with Gasteiger partial charge in [-0.25, -0.2) is 4.39 Å². The SMILES string of the molecule is COc1cc(C2(C(=O)O)CCC2)c(F)c(Br)c1OC. The van der Waals surface area contributed by atoms with Crippen molar-refractivity contribution in [3.8, 4) is 11.5 Å². The molecule has 6 heteroatoms. The molecule has 0 radical (unpaired) electrons. The molecule has 104 valence electrons. The van der Waals surface area contributed by atoms with E-state index in [4.69, 9.17) is 9.47 Å². The molecule has 19 heavy (non-hydrogen) atoms. The number of benzene rings is 1. The first kappa shape index (κ1) is 14.1. The van der Waals surface area contributed by atoms with Crippen molar-refractivity contribution in [3.63, 3.8) is 0 Å². The fraction of sp³-hybridized carbons (Fsp3) is 0.462. The molecule has 0 heterocycles. The maximum Gasteiger partial charge on any atom is 0.314 e. The Labute approximate surface area is 118 Å². The van der Waals surface area contributed by atoms with Gasteiger partial charge in [0.1, 0.15) is 5.82 Å². The van der Waals surface area contributed by atoms with Gasteiger partial charge in [-0.05, 0) is 34.8 Å². The molecule has 0 bridgehead atoms. The lowest BCUT2D eigenvalue weighted by Gasteiger charge is -2.38. The third-order valence-corrected chi connectivity index (χ3v) is 4.39. The molecule has 1 N–H and O–H groups in total. The highest BCUT2D eigenvalue weighted by Crippen LogP contribution is 2.49. The quantitative estimate of drug-likeness (QED) is 0.920. The topological polar surface area (TPSA) is 55.8 Å². The summed E-state index contributed by atoms with van der Waals surface area (Å²) in [5.41, 5.74) is -0.998. The molecule has 0 atom stereocenters. The van der Waals surface area contributed by atoms with E-state index in [-0.39, 0.29) is 15.8 Å². The molecular weight excluding hydrogens is 319 g/mol. The summed E-state index contributed by atoms with van der Waals surface area (Å²) in [6.07, 6.45) is 1.64. The summed E-state index contributed by atoms with van der Waals surface area (Å²) in [5.74, 6) is -1.06. The Balaban J connectivity index is 2.65. The summed E-state index contributed by atoms with van der Waals surface area (Å²) in [6, 6.07) is 1.42. The average Bonchev–Trinajstić information content (AvgIpc) is 2.32. The van der Waals surface area contributed by atoms with Gasteiger partial charge in [0.05, 0.1) is 24.1 Å². The molecule has 0 aliphatic heterocycles. The van der Waals surface area contributed by atoms with Gasteiger partial charge in [0.15, 0.2) is 11.5 Å². The van der Waals surface area contributed by atoms with E-state index < -0.39 is 17.2 Å². The molecule has 1 aliphatic rings. The van der Waals surface area contributed by atoms with Crippen LogP contribution in [0.15, 0.2) is 10.5 Å². The Morgan fingerprint density at radius 3 is 2.42 bits per heavy atom. The van der Waals surface area contributed by atoms with E-state index in [9.17, 15) is 14.3 Å². The standard InChI is InChI=1S/C13H14BrFO4/c1-18-8-6-7(10(15)9(14)11(8)19-2)13(12(16)17)4-3-5-13/h6H,3-5H2,1-2H3,(H,16,17). The van der Waals surface area contributed by atoms with Crippen molar-refractivity contribution in [1.29, 1.82) is 0 Å². The Hall–Kier alpha value is -1.30. The van der Waals surface area contributed by atoms with Crippen LogP contribution in [-0.2, 0) is 10.2 Å². The molecule has 1 saturated carbocycles. The third kappa shape index (κ3) is 1.98. The molecule has 0 aromatic heterocycles. The molecule has 2 rings (SSSR count). The van der Waals surface area contributed by atoms with E-state index in [1.807, 2.05) is 0 Å². The Kier molecular flexibility index (Phi) is 3.71. The zero-order chi connectivity index (χ0) is 14.2. The number of rotatable bonds is 4. The maximum absolute atomic E-state index is 14.4. The minimum Gasteiger partial charge on any atom is -0.493 e. The smallest absolute Gasteiger partial charge is 0.314 e. The number of ether oxygens (including phenoxy) is 2. The first-order valence-corrected chi connectivity index (χ1v) is 6.61. The summed E-state index contributed by atoms with van der Waals surface area (Å²) >= 11 is 3.10. The van der Waals surface area contributed by atoms with E-state index in [0.29, 0.717) is 18.6 Å². The molecule has 0 amide bonds. The van der Waals surface area contributed by atoms with E-state index in [1.165, 1.54) is 20.3 Å². The van der Waals surface area contributed by atoms with Crippen molar-refractivity contribution in [2.75, 3.05) is 14.2 Å². The van der Waals surface area contributed by atoms with Crippen LogP contribution in [0.3, 0.4) is 0 Å². The van der Waals surface area contributed by atoms with Crippen molar-refractivity contribution in [1.82, 2.24) is 0 Å². The zero-order valence-corrected chi connectivity index (χ0v) is 12.2. The van der Waals surface area contributed by atoms with Crippen molar-refractivity contribution in [3.05, 3.63) is 21.9 Å². The number of aliphatic carboxylic acids is 1. The number of hydrogen-bond acceptors (Lipinski definition) is 3. The molecule has 0 saturated heterocycles. The molecule has 1 fully saturated rings. The number of halogens is 2. The summed E-state index contributed by atoms with van der Waals surface area (Å²) in [5, 5.41) is 9.39. The Morgan fingerprint density at radius 1 is 1.42 bits per heavy atom. The van der Waals surface area contributed by atoms with Crippen LogP contribution >= 0.6 is 15.9 Å². The normalized spacial score (nSPS) is 16.6. The zero-order valence-electron chi connectivity index (χ0n) is 10.6. The number of methoxy groups -OCH3 is 2. The van der Waals surface area contributed by atoms with Gasteiger partial charge in [0.2, 0.25) is 0 Å². The van der Waals surface area contributed by atoms with Crippen molar-refractivity contribution in [2.24, 2.45) is 0 Å². The van der Waals surface area contributed by atoms with Crippen LogP contribution in [0.5, 0.6) is 11.5 Å². The molecule has 4 nitrogen and oxygen atoms in total. The van der Waals surface area contributed by atoms with Gasteiger partial charge in [-0.15, -0.1) is 0 Å². The van der Waals surface area contributed by atoms with Gasteiger partial charge < -0.3 is 14.6 Å². The fourth-order valence-corrected chi connectivity index (χ4v) is 2.98. The molecule has 0 unspecified atom stereocenters. The van der Waals surface area contributed by atoms with Crippen LogP contribution in [0.4, 0.5) is 4.39 Å². The van der Waals surface area contributed by atoms with Crippen LogP contribution in [-0.4, -0.2) is 25.3 Å². The van der Waals surface area contributed by atoms with Gasteiger partial charge in [-0.3, -0.25) is 4.79 Å². The summed E-state index contributed by atoms with van der Waals surface area (Å²) in [7, 11) is 2.83. The minimum atomic E-state index is -1.15. The average molecular weight is 333 g/mol. The Morgan fingerprint density at radius 2 is 2.05 bits per heavy atom. The second-order valence-corrected chi connectivity index (χ2v) is 5.32. The molecule has 0 spiro atoms. The van der Waals surface area contributed by atoms with E-state index >= 15 is 0 Å². The van der Waals surface area contributed by atoms with Gasteiger partial charge >= 0.3 is 5.97 Å². The highest BCUT2D eigenvalue weighted by atomic mass is 79.9. The largest absolute Gasteiger partial charge is 0.493 e. The van der Waals surface area contributed by atoms with Crippen LogP contribution in [0.2, 0.25) is 0 Å². The lowest BCUT2D eigenvalue weighted by Crippen LogP contribution is -2.43. The predicted molar refractivity (Wildman–Crippen MR) is 70.4 cm³/mol. The number of carbonyl (C=O) groups is 1. The van der Waals surface area contributed by atoms with E-state index in [0.717, 1.165) is 6.42 Å². The van der Waals surface area contributed by atoms with Gasteiger partial charge in [-0.1, -0.05) is 6.42 Å². The highest BCUT2D eigenvalue weighted by Gasteiger charge is 2.48. The maximum atomic E-state index is 14.4. The second-order valence-electron chi connectivity index (χ2n) is 4.53. The minimum absolute atomic E-state index is 0.0943. The number of carboxylic acids is 1. The van der Waals surface area contributed by atoms with E-state index in [1.54, 1.807) is 0 Å². The lowest BCUT2D eigenvalue weighted by molar-refractivity contribution is -0.147. The first-order chi connectivity index (χ1) is 8.97. The van der Waals surface area contributed by atoms with Gasteiger partial charge in [0.25, 0.3) is 0 Å². The van der Waals surface area contributed by atoms with Crippen molar-refractivity contribution >= 4 is 21.9 Å². The number of hydrogen-bond donors (Lipinski definition) is 1. The van der Waals surface area contributed by atoms with E-state index in [2.05, 4.69) is 15.9 Å². The summed E-state index contributed by atoms with van der Waals surface area (Å²) < 4.78 is 24.7. The second kappa shape index (κ2) is 5.00. The first-order valence-electron chi connectivity index (χ1n) is 5.81. The third-order valence-electron chi connectivity index (χ3n) is 3.68. The summed E-state index contributed by atoms with van der Waals surface area (Å²) in [6.45, 7) is 0. The van der Waals surface area contributed by atoms with Crippen LogP contribution in [0.1, 0.15) is 24.8 Å². The predicted octanol–water partition coefficient (Wildman–Crippen LogP) is 3.11. The van der Waals surface area contributed by atoms with Crippen molar-refractivity contribution in [2.45, 2.75) is 24.7 Å². The van der Waals surface area contributed by atoms with Gasteiger partial charge in [-0.2, -0.15) is 0 Å². The highest BCUT2D eigenvalue weighted by molar-refractivity contribution is 9.10. The lowest BCUT2D eigenvalue weighted by atomic mass is 9.64. The fourth-order valence-electron chi connectivity index (χ4n) is 2.40. The molecular formula is C13H14BrFO4. The van der Waals surface area contributed by atoms with Crippen LogP contribution < -0.4 is 9.47 Å².